The molecule has 0 saturated carbocycles. The van der Waals surface area contributed by atoms with Crippen molar-refractivity contribution < 1.29 is 9.21 Å². The Morgan fingerprint density at radius 2 is 1.83 bits per heavy atom. The van der Waals surface area contributed by atoms with Gasteiger partial charge in [-0.25, -0.2) is 4.98 Å². The number of aryl methyl sites for hydroxylation is 2. The molecule has 4 aromatic rings. The van der Waals surface area contributed by atoms with Crippen LogP contribution in [0.5, 0.6) is 0 Å². The molecule has 1 amide bonds. The minimum Gasteiger partial charge on any atom is -0.422 e. The van der Waals surface area contributed by atoms with E-state index in [9.17, 15) is 4.79 Å². The van der Waals surface area contributed by atoms with Gasteiger partial charge < -0.3 is 14.2 Å². The lowest BCUT2D eigenvalue weighted by Gasteiger charge is -2.33. The summed E-state index contributed by atoms with van der Waals surface area (Å²) in [7, 11) is 0. The smallest absolute Gasteiger partial charge is 0.300 e. The Bertz CT molecular complexity index is 1370. The van der Waals surface area contributed by atoms with E-state index in [0.29, 0.717) is 49.0 Å². The Hall–Kier alpha value is -3.75. The van der Waals surface area contributed by atoms with Crippen LogP contribution in [0, 0.1) is 19.3 Å². The lowest BCUT2D eigenvalue weighted by atomic mass is 9.97. The number of pyridine rings is 2. The van der Waals surface area contributed by atoms with Gasteiger partial charge in [-0.15, -0.1) is 0 Å². The highest BCUT2D eigenvalue weighted by atomic mass is 16.4. The number of hydrogen-bond acceptors (Lipinski definition) is 7. The summed E-state index contributed by atoms with van der Waals surface area (Å²) in [4.78, 5) is 30.7. The summed E-state index contributed by atoms with van der Waals surface area (Å²) < 4.78 is 7.82. The van der Waals surface area contributed by atoms with Crippen LogP contribution in [0.15, 0.2) is 41.2 Å². The lowest BCUT2D eigenvalue weighted by Crippen LogP contribution is -2.49. The number of hydrogen-bond donors (Lipinski definition) is 0. The molecule has 0 N–H and O–H groups in total. The maximum absolute atomic E-state index is 13.2. The second-order valence-electron chi connectivity index (χ2n) is 10.4. The van der Waals surface area contributed by atoms with Crippen molar-refractivity contribution in [3.63, 3.8) is 0 Å². The fourth-order valence-corrected chi connectivity index (χ4v) is 4.37. The molecule has 0 aromatic carbocycles. The van der Waals surface area contributed by atoms with E-state index in [0.717, 1.165) is 29.1 Å². The Labute approximate surface area is 204 Å². The van der Waals surface area contributed by atoms with Crippen molar-refractivity contribution in [3.8, 4) is 11.3 Å². The summed E-state index contributed by atoms with van der Waals surface area (Å²) in [5, 5.41) is 4.48. The van der Waals surface area contributed by atoms with Crippen LogP contribution in [0.2, 0.25) is 0 Å². The van der Waals surface area contributed by atoms with Crippen molar-refractivity contribution in [1.29, 1.82) is 0 Å². The van der Waals surface area contributed by atoms with Gasteiger partial charge in [-0.3, -0.25) is 14.5 Å². The van der Waals surface area contributed by atoms with E-state index >= 15 is 0 Å². The summed E-state index contributed by atoms with van der Waals surface area (Å²) in [5.41, 5.74) is 5.71. The molecule has 9 heteroatoms. The first kappa shape index (κ1) is 23.0. The number of carbonyl (C=O) groups is 1. The van der Waals surface area contributed by atoms with Crippen molar-refractivity contribution in [2.75, 3.05) is 31.1 Å². The first-order valence-corrected chi connectivity index (χ1v) is 11.9. The molecule has 0 spiro atoms. The lowest BCUT2D eigenvalue weighted by molar-refractivity contribution is 0.0744. The summed E-state index contributed by atoms with van der Waals surface area (Å²) >= 11 is 0. The number of fused-ring (bicyclic) bond motifs is 1. The zero-order valence-corrected chi connectivity index (χ0v) is 20.9. The second-order valence-corrected chi connectivity index (χ2v) is 10.4. The van der Waals surface area contributed by atoms with Gasteiger partial charge in [0.25, 0.3) is 11.9 Å². The molecule has 4 aromatic heterocycles. The molecular formula is C26H31N7O2. The maximum atomic E-state index is 13.2. The Kier molecular flexibility index (Phi) is 5.78. The molecule has 0 atom stereocenters. The largest absolute Gasteiger partial charge is 0.422 e. The quantitative estimate of drug-likeness (QED) is 0.440. The van der Waals surface area contributed by atoms with Crippen LogP contribution in [0.4, 0.5) is 6.01 Å². The highest BCUT2D eigenvalue weighted by Crippen LogP contribution is 2.25. The van der Waals surface area contributed by atoms with Gasteiger partial charge in [0.2, 0.25) is 5.65 Å². The highest BCUT2D eigenvalue weighted by molar-refractivity contribution is 5.94. The van der Waals surface area contributed by atoms with E-state index in [-0.39, 0.29) is 11.3 Å². The molecule has 1 aliphatic rings. The van der Waals surface area contributed by atoms with E-state index in [4.69, 9.17) is 4.42 Å². The van der Waals surface area contributed by atoms with Crippen molar-refractivity contribution in [2.24, 2.45) is 5.41 Å². The number of nitrogens with zero attached hydrogens (tertiary/aromatic N) is 7. The molecule has 182 valence electrons. The molecule has 1 aliphatic heterocycles. The first-order valence-electron chi connectivity index (χ1n) is 11.9. The van der Waals surface area contributed by atoms with E-state index in [2.05, 4.69) is 45.7 Å². The molecular weight excluding hydrogens is 442 g/mol. The third-order valence-electron chi connectivity index (χ3n) is 6.09. The van der Waals surface area contributed by atoms with E-state index in [1.807, 2.05) is 54.0 Å². The van der Waals surface area contributed by atoms with Gasteiger partial charge in [-0.1, -0.05) is 20.8 Å². The molecule has 35 heavy (non-hydrogen) atoms. The molecule has 5 heterocycles. The van der Waals surface area contributed by atoms with Crippen LogP contribution < -0.4 is 4.90 Å². The first-order chi connectivity index (χ1) is 16.7. The van der Waals surface area contributed by atoms with Crippen molar-refractivity contribution >= 4 is 23.2 Å². The molecule has 0 bridgehead atoms. The maximum Gasteiger partial charge on any atom is 0.300 e. The molecule has 0 aliphatic carbocycles. The number of carbonyl (C=O) groups excluding carboxylic acids is 1. The predicted molar refractivity (Wildman–Crippen MR) is 134 cm³/mol. The van der Waals surface area contributed by atoms with Gasteiger partial charge in [0.1, 0.15) is 0 Å². The van der Waals surface area contributed by atoms with Crippen molar-refractivity contribution in [1.82, 2.24) is 29.6 Å². The Morgan fingerprint density at radius 3 is 2.54 bits per heavy atom. The van der Waals surface area contributed by atoms with E-state index in [1.54, 1.807) is 6.20 Å². The second kappa shape index (κ2) is 8.79. The van der Waals surface area contributed by atoms with Crippen LogP contribution >= 0.6 is 0 Å². The van der Waals surface area contributed by atoms with Crippen LogP contribution in [-0.4, -0.2) is 61.7 Å². The van der Waals surface area contributed by atoms with Gasteiger partial charge in [0.15, 0.2) is 5.58 Å². The normalized spacial score (nSPS) is 14.7. The number of amides is 1. The van der Waals surface area contributed by atoms with Gasteiger partial charge in [-0.2, -0.15) is 10.1 Å². The molecule has 0 unspecified atom stereocenters. The molecule has 0 radical (unpaired) electrons. The summed E-state index contributed by atoms with van der Waals surface area (Å²) in [5.74, 6) is -0.00918. The average molecular weight is 474 g/mol. The van der Waals surface area contributed by atoms with E-state index in [1.165, 1.54) is 0 Å². The number of rotatable bonds is 4. The number of anilines is 1. The van der Waals surface area contributed by atoms with Gasteiger partial charge >= 0.3 is 0 Å². The Balaban J connectivity index is 1.25. The van der Waals surface area contributed by atoms with Crippen LogP contribution in [0.3, 0.4) is 0 Å². The molecule has 1 fully saturated rings. The van der Waals surface area contributed by atoms with Gasteiger partial charge in [0.05, 0.1) is 17.5 Å². The topological polar surface area (TPSA) is 93.2 Å². The van der Waals surface area contributed by atoms with Gasteiger partial charge in [0, 0.05) is 56.4 Å². The zero-order chi connectivity index (χ0) is 24.7. The predicted octanol–water partition coefficient (Wildman–Crippen LogP) is 4.11. The van der Waals surface area contributed by atoms with Crippen molar-refractivity contribution in [2.45, 2.75) is 41.2 Å². The Morgan fingerprint density at radius 1 is 1.06 bits per heavy atom. The average Bonchev–Trinajstić information content (AvgIpc) is 3.44. The minimum absolute atomic E-state index is 0.00918. The molecule has 9 nitrogen and oxygen atoms in total. The third-order valence-corrected chi connectivity index (χ3v) is 6.09. The van der Waals surface area contributed by atoms with E-state index < -0.39 is 0 Å². The van der Waals surface area contributed by atoms with Crippen LogP contribution in [0.25, 0.3) is 22.5 Å². The SMILES string of the molecule is Cc1ccc2oc(N3CCN(C(=O)c4cnc(-c5cnn(CC(C)(C)C)c5)c(C)c4)CC3)nc2n1. The fraction of sp³-hybridized carbons (Fsp3) is 0.423. The highest BCUT2D eigenvalue weighted by Gasteiger charge is 2.26. The number of piperazine rings is 1. The summed E-state index contributed by atoms with van der Waals surface area (Å²) in [6.07, 6.45) is 5.53. The fourth-order valence-electron chi connectivity index (χ4n) is 4.37. The van der Waals surface area contributed by atoms with Crippen LogP contribution in [-0.2, 0) is 6.54 Å². The van der Waals surface area contributed by atoms with Crippen LogP contribution in [0.1, 0.15) is 42.4 Å². The molecule has 5 rings (SSSR count). The standard InChI is InChI=1S/C26H31N7O2/c1-17-12-19(13-27-22(17)20-14-28-33(15-20)16-26(3,4)5)24(34)31-8-10-32(11-9-31)25-30-23-21(35-25)7-6-18(2)29-23/h6-7,12-15H,8-11,16H2,1-5H3. The van der Waals surface area contributed by atoms with Gasteiger partial charge in [-0.05, 0) is 43.0 Å². The third kappa shape index (κ3) is 4.89. The number of aromatic nitrogens is 5. The summed E-state index contributed by atoms with van der Waals surface area (Å²) in [6, 6.07) is 6.28. The monoisotopic (exact) mass is 473 g/mol. The zero-order valence-electron chi connectivity index (χ0n) is 20.9. The number of oxazole rings is 1. The molecule has 1 saturated heterocycles. The van der Waals surface area contributed by atoms with Crippen molar-refractivity contribution in [3.05, 3.63) is 53.6 Å². The minimum atomic E-state index is -0.00918. The summed E-state index contributed by atoms with van der Waals surface area (Å²) in [6.45, 7) is 13.8.